The smallest absolute Gasteiger partial charge is 0.434 e. The average molecular weight is 372 g/mol. The van der Waals surface area contributed by atoms with E-state index in [-0.39, 0.29) is 10.7 Å². The number of halogens is 3. The number of methoxy groups -OCH3 is 2. The number of hydrogen-bond acceptors (Lipinski definition) is 5. The van der Waals surface area contributed by atoms with E-state index in [9.17, 15) is 18.0 Å². The van der Waals surface area contributed by atoms with Gasteiger partial charge in [0, 0.05) is 16.5 Å². The highest BCUT2D eigenvalue weighted by Crippen LogP contribution is 2.34. The summed E-state index contributed by atoms with van der Waals surface area (Å²) in [5.41, 5.74) is -0.178. The molecule has 0 bridgehead atoms. The van der Waals surface area contributed by atoms with Gasteiger partial charge in [-0.2, -0.15) is 13.2 Å². The minimum Gasteiger partial charge on any atom is -0.493 e. The van der Waals surface area contributed by atoms with Gasteiger partial charge in [0.15, 0.2) is 22.3 Å². The van der Waals surface area contributed by atoms with Crippen LogP contribution >= 0.6 is 11.3 Å². The van der Waals surface area contributed by atoms with Crippen LogP contribution in [0.15, 0.2) is 30.2 Å². The van der Waals surface area contributed by atoms with Gasteiger partial charge in [0.05, 0.1) is 14.2 Å². The minimum absolute atomic E-state index is 0.141. The summed E-state index contributed by atoms with van der Waals surface area (Å²) < 4.78 is 48.2. The number of alkyl halides is 3. The van der Waals surface area contributed by atoms with Gasteiger partial charge in [0.2, 0.25) is 0 Å². The predicted octanol–water partition coefficient (Wildman–Crippen LogP) is 4.16. The Kier molecular flexibility index (Phi) is 5.68. The summed E-state index contributed by atoms with van der Waals surface area (Å²) in [6.45, 7) is 3.64. The lowest BCUT2D eigenvalue weighted by Gasteiger charge is -2.14. The van der Waals surface area contributed by atoms with Crippen molar-refractivity contribution in [1.29, 1.82) is 0 Å². The molecule has 2 aromatic rings. The van der Waals surface area contributed by atoms with E-state index in [1.165, 1.54) is 20.3 Å². The standard InChI is InChI=1S/C16H15F3N2O3S/c1-4-5-9-6-10(7-11(23-2)13(9)24-3)14(22)21-15-20-12(8-25-15)16(17,18)19/h4,6-8H,1,5H2,2-3H3,(H,20,21,22). The van der Waals surface area contributed by atoms with Crippen molar-refractivity contribution in [1.82, 2.24) is 4.98 Å². The summed E-state index contributed by atoms with van der Waals surface area (Å²) in [5, 5.41) is 3.05. The molecular formula is C16H15F3N2O3S. The van der Waals surface area contributed by atoms with Gasteiger partial charge in [-0.1, -0.05) is 6.08 Å². The van der Waals surface area contributed by atoms with Crippen molar-refractivity contribution in [3.05, 3.63) is 47.0 Å². The van der Waals surface area contributed by atoms with E-state index in [1.54, 1.807) is 12.1 Å². The summed E-state index contributed by atoms with van der Waals surface area (Å²) in [5.74, 6) is 0.198. The van der Waals surface area contributed by atoms with Gasteiger partial charge in [0.25, 0.3) is 5.91 Å². The molecule has 0 spiro atoms. The Hall–Kier alpha value is -2.55. The van der Waals surface area contributed by atoms with Crippen LogP contribution in [-0.2, 0) is 12.6 Å². The summed E-state index contributed by atoms with van der Waals surface area (Å²) in [7, 11) is 2.89. The normalized spacial score (nSPS) is 11.1. The number of nitrogens with zero attached hydrogens (tertiary/aromatic N) is 1. The zero-order valence-electron chi connectivity index (χ0n) is 13.4. The van der Waals surface area contributed by atoms with Crippen molar-refractivity contribution in [3.8, 4) is 11.5 Å². The SMILES string of the molecule is C=CCc1cc(C(=O)Nc2nc(C(F)(F)F)cs2)cc(OC)c1OC. The summed E-state index contributed by atoms with van der Waals surface area (Å²) in [6, 6.07) is 3.01. The first-order chi connectivity index (χ1) is 11.8. The molecule has 0 atom stereocenters. The highest BCUT2D eigenvalue weighted by atomic mass is 32.1. The second-order valence-electron chi connectivity index (χ2n) is 4.85. The van der Waals surface area contributed by atoms with Crippen LogP contribution in [0.25, 0.3) is 0 Å². The van der Waals surface area contributed by atoms with Crippen molar-refractivity contribution >= 4 is 22.4 Å². The van der Waals surface area contributed by atoms with Gasteiger partial charge in [-0.25, -0.2) is 4.98 Å². The zero-order chi connectivity index (χ0) is 18.6. The Morgan fingerprint density at radius 1 is 1.36 bits per heavy atom. The van der Waals surface area contributed by atoms with Crippen LogP contribution in [0.1, 0.15) is 21.6 Å². The largest absolute Gasteiger partial charge is 0.493 e. The van der Waals surface area contributed by atoms with E-state index in [1.807, 2.05) is 0 Å². The van der Waals surface area contributed by atoms with E-state index in [0.717, 1.165) is 5.38 Å². The number of anilines is 1. The van der Waals surface area contributed by atoms with E-state index in [0.29, 0.717) is 34.8 Å². The number of rotatable bonds is 6. The molecule has 1 aromatic heterocycles. The molecule has 25 heavy (non-hydrogen) atoms. The van der Waals surface area contributed by atoms with E-state index >= 15 is 0 Å². The van der Waals surface area contributed by atoms with E-state index in [2.05, 4.69) is 16.9 Å². The summed E-state index contributed by atoms with van der Waals surface area (Å²) in [6.07, 6.45) is -2.49. The Morgan fingerprint density at radius 2 is 2.08 bits per heavy atom. The lowest BCUT2D eigenvalue weighted by atomic mass is 10.1. The molecule has 0 fully saturated rings. The van der Waals surface area contributed by atoms with Crippen LogP contribution < -0.4 is 14.8 Å². The molecule has 2 rings (SSSR count). The molecule has 0 saturated heterocycles. The van der Waals surface area contributed by atoms with Crippen molar-refractivity contribution in [2.24, 2.45) is 0 Å². The number of benzene rings is 1. The molecule has 9 heteroatoms. The molecule has 134 valence electrons. The van der Waals surface area contributed by atoms with Crippen molar-refractivity contribution in [2.75, 3.05) is 19.5 Å². The van der Waals surface area contributed by atoms with Gasteiger partial charge in [-0.15, -0.1) is 17.9 Å². The van der Waals surface area contributed by atoms with Gasteiger partial charge in [-0.05, 0) is 18.6 Å². The van der Waals surface area contributed by atoms with Crippen LogP contribution in [0, 0.1) is 0 Å². The fraction of sp³-hybridized carbons (Fsp3) is 0.250. The monoisotopic (exact) mass is 372 g/mol. The number of carbonyl (C=O) groups is 1. The van der Waals surface area contributed by atoms with Crippen LogP contribution in [0.2, 0.25) is 0 Å². The quantitative estimate of drug-likeness (QED) is 0.774. The van der Waals surface area contributed by atoms with Crippen LogP contribution in [0.3, 0.4) is 0 Å². The fourth-order valence-corrected chi connectivity index (χ4v) is 2.82. The number of allylic oxidation sites excluding steroid dienone is 1. The second-order valence-corrected chi connectivity index (χ2v) is 5.71. The van der Waals surface area contributed by atoms with E-state index < -0.39 is 17.8 Å². The highest BCUT2D eigenvalue weighted by molar-refractivity contribution is 7.14. The number of amides is 1. The Morgan fingerprint density at radius 3 is 2.60 bits per heavy atom. The van der Waals surface area contributed by atoms with Gasteiger partial charge in [-0.3, -0.25) is 10.1 Å². The molecule has 1 heterocycles. The number of ether oxygens (including phenoxy) is 2. The van der Waals surface area contributed by atoms with Gasteiger partial charge in [0.1, 0.15) is 0 Å². The molecule has 5 nitrogen and oxygen atoms in total. The summed E-state index contributed by atoms with van der Waals surface area (Å²) in [4.78, 5) is 15.7. The topological polar surface area (TPSA) is 60.5 Å². The number of nitrogens with one attached hydrogen (secondary N) is 1. The lowest BCUT2D eigenvalue weighted by molar-refractivity contribution is -0.140. The van der Waals surface area contributed by atoms with Crippen molar-refractivity contribution in [3.63, 3.8) is 0 Å². The molecule has 1 amide bonds. The molecule has 0 aliphatic heterocycles. The Labute approximate surface area is 146 Å². The average Bonchev–Trinajstić information content (AvgIpc) is 3.03. The predicted molar refractivity (Wildman–Crippen MR) is 88.5 cm³/mol. The second kappa shape index (κ2) is 7.56. The molecule has 0 aliphatic rings. The first-order valence-corrected chi connectivity index (χ1v) is 7.88. The van der Waals surface area contributed by atoms with Gasteiger partial charge >= 0.3 is 6.18 Å². The molecule has 0 aliphatic carbocycles. The molecule has 0 saturated carbocycles. The third kappa shape index (κ3) is 4.30. The maximum atomic E-state index is 12.6. The Bertz CT molecular complexity index is 787. The maximum Gasteiger partial charge on any atom is 0.434 e. The number of thiazole rings is 1. The third-order valence-corrected chi connectivity index (χ3v) is 3.96. The first-order valence-electron chi connectivity index (χ1n) is 7.00. The third-order valence-electron chi connectivity index (χ3n) is 3.20. The molecule has 0 unspecified atom stereocenters. The first kappa shape index (κ1) is 18.8. The molecular weight excluding hydrogens is 357 g/mol. The van der Waals surface area contributed by atoms with Gasteiger partial charge < -0.3 is 9.47 Å². The molecule has 1 aromatic carbocycles. The van der Waals surface area contributed by atoms with Crippen molar-refractivity contribution < 1.29 is 27.4 Å². The van der Waals surface area contributed by atoms with Crippen LogP contribution in [-0.4, -0.2) is 25.1 Å². The lowest BCUT2D eigenvalue weighted by Crippen LogP contribution is -2.13. The number of aromatic nitrogens is 1. The molecule has 0 radical (unpaired) electrons. The highest BCUT2D eigenvalue weighted by Gasteiger charge is 2.34. The number of hydrogen-bond donors (Lipinski definition) is 1. The number of carbonyl (C=O) groups excluding carboxylic acids is 1. The molecule has 1 N–H and O–H groups in total. The minimum atomic E-state index is -4.56. The maximum absolute atomic E-state index is 12.6. The van der Waals surface area contributed by atoms with E-state index in [4.69, 9.17) is 9.47 Å². The van der Waals surface area contributed by atoms with Crippen molar-refractivity contribution in [2.45, 2.75) is 12.6 Å². The van der Waals surface area contributed by atoms with Crippen LogP contribution in [0.5, 0.6) is 11.5 Å². The fourth-order valence-electron chi connectivity index (χ4n) is 2.11. The van der Waals surface area contributed by atoms with Crippen LogP contribution in [0.4, 0.5) is 18.3 Å². The summed E-state index contributed by atoms with van der Waals surface area (Å²) >= 11 is 0.696. The zero-order valence-corrected chi connectivity index (χ0v) is 14.3. The Balaban J connectivity index is 2.31.